The Hall–Kier alpha value is -6.97. The molecule has 10 aromatic rings. The highest BCUT2D eigenvalue weighted by Gasteiger charge is 2.20. The first-order chi connectivity index (χ1) is 25.8. The van der Waals surface area contributed by atoms with Crippen LogP contribution in [-0.2, 0) is 0 Å². The van der Waals surface area contributed by atoms with Gasteiger partial charge >= 0.3 is 0 Å². The third-order valence-corrected chi connectivity index (χ3v) is 10.0. The lowest BCUT2D eigenvalue weighted by molar-refractivity contribution is 0.623. The average Bonchev–Trinajstić information content (AvgIpc) is 3.66. The number of aromatic nitrogens is 1. The van der Waals surface area contributed by atoms with Gasteiger partial charge in [0.15, 0.2) is 5.58 Å². The molecule has 0 fully saturated rings. The van der Waals surface area contributed by atoms with Crippen molar-refractivity contribution in [2.45, 2.75) is 0 Å². The second-order valence-corrected chi connectivity index (χ2v) is 13.2. The van der Waals surface area contributed by atoms with Crippen LogP contribution in [0.3, 0.4) is 0 Å². The highest BCUT2D eigenvalue weighted by Crippen LogP contribution is 2.44. The van der Waals surface area contributed by atoms with Crippen LogP contribution in [0.15, 0.2) is 199 Å². The van der Waals surface area contributed by atoms with Gasteiger partial charge in [0.05, 0.1) is 0 Å². The van der Waals surface area contributed by atoms with Crippen molar-refractivity contribution in [3.05, 3.63) is 194 Å². The Balaban J connectivity index is 1.27. The van der Waals surface area contributed by atoms with Crippen LogP contribution >= 0.6 is 0 Å². The third-order valence-electron chi connectivity index (χ3n) is 10.0. The lowest BCUT2D eigenvalue weighted by atomic mass is 9.90. The average molecular weight is 665 g/mol. The zero-order valence-corrected chi connectivity index (χ0v) is 28.3. The van der Waals surface area contributed by atoms with Gasteiger partial charge in [-0.05, 0) is 110 Å². The topological polar surface area (TPSA) is 29.3 Å². The van der Waals surface area contributed by atoms with Gasteiger partial charge in [-0.2, -0.15) is 0 Å². The summed E-state index contributed by atoms with van der Waals surface area (Å²) in [5.74, 6) is 0.620. The normalized spacial score (nSPS) is 11.5. The number of para-hydroxylation sites is 1. The van der Waals surface area contributed by atoms with Gasteiger partial charge in [0.25, 0.3) is 0 Å². The van der Waals surface area contributed by atoms with E-state index in [-0.39, 0.29) is 0 Å². The van der Waals surface area contributed by atoms with Gasteiger partial charge in [0.2, 0.25) is 5.89 Å². The van der Waals surface area contributed by atoms with E-state index in [1.807, 2.05) is 30.3 Å². The number of hydrogen-bond donors (Lipinski definition) is 0. The van der Waals surface area contributed by atoms with Gasteiger partial charge in [0, 0.05) is 28.0 Å². The molecule has 0 bridgehead atoms. The Morgan fingerprint density at radius 3 is 1.87 bits per heavy atom. The van der Waals surface area contributed by atoms with Crippen molar-refractivity contribution in [1.82, 2.24) is 4.98 Å². The molecule has 1 aromatic heterocycles. The third kappa shape index (κ3) is 5.10. The molecular weight excluding hydrogens is 633 g/mol. The van der Waals surface area contributed by atoms with Crippen molar-refractivity contribution in [3.8, 4) is 33.7 Å². The fourth-order valence-electron chi connectivity index (χ4n) is 7.62. The predicted molar refractivity (Wildman–Crippen MR) is 218 cm³/mol. The van der Waals surface area contributed by atoms with Crippen molar-refractivity contribution in [1.29, 1.82) is 0 Å². The molecule has 10 rings (SSSR count). The summed E-state index contributed by atoms with van der Waals surface area (Å²) in [6.45, 7) is 0. The minimum absolute atomic E-state index is 0.620. The summed E-state index contributed by atoms with van der Waals surface area (Å²) in [7, 11) is 0. The van der Waals surface area contributed by atoms with Crippen molar-refractivity contribution in [2.24, 2.45) is 0 Å². The maximum atomic E-state index is 6.70. The number of rotatable bonds is 6. The molecule has 3 nitrogen and oxygen atoms in total. The summed E-state index contributed by atoms with van der Waals surface area (Å²) in [4.78, 5) is 7.32. The zero-order chi connectivity index (χ0) is 34.4. The molecule has 1 heterocycles. The molecule has 0 unspecified atom stereocenters. The first-order valence-electron chi connectivity index (χ1n) is 17.6. The maximum Gasteiger partial charge on any atom is 0.227 e. The van der Waals surface area contributed by atoms with Crippen LogP contribution in [0.1, 0.15) is 0 Å². The van der Waals surface area contributed by atoms with E-state index in [1.54, 1.807) is 0 Å². The summed E-state index contributed by atoms with van der Waals surface area (Å²) in [5, 5.41) is 6.87. The van der Waals surface area contributed by atoms with E-state index in [0.717, 1.165) is 55.3 Å². The number of hydrogen-bond acceptors (Lipinski definition) is 3. The fraction of sp³-hybridized carbons (Fsp3) is 0. The van der Waals surface area contributed by atoms with Crippen molar-refractivity contribution < 1.29 is 4.42 Å². The molecule has 52 heavy (non-hydrogen) atoms. The molecule has 0 atom stereocenters. The van der Waals surface area contributed by atoms with Gasteiger partial charge in [-0.1, -0.05) is 133 Å². The lowest BCUT2D eigenvalue weighted by Gasteiger charge is -2.27. The summed E-state index contributed by atoms with van der Waals surface area (Å²) >= 11 is 0. The Bertz CT molecular complexity index is 2890. The predicted octanol–water partition coefficient (Wildman–Crippen LogP) is 13.8. The van der Waals surface area contributed by atoms with E-state index in [4.69, 9.17) is 9.40 Å². The number of benzene rings is 9. The van der Waals surface area contributed by atoms with Crippen LogP contribution in [0.5, 0.6) is 0 Å². The van der Waals surface area contributed by atoms with Gasteiger partial charge in [-0.25, -0.2) is 4.98 Å². The molecule has 9 aromatic carbocycles. The summed E-state index contributed by atoms with van der Waals surface area (Å²) < 4.78 is 6.70. The number of anilines is 3. The number of nitrogens with zero attached hydrogens (tertiary/aromatic N) is 2. The summed E-state index contributed by atoms with van der Waals surface area (Å²) in [6, 6.07) is 68.8. The van der Waals surface area contributed by atoms with Crippen LogP contribution in [0.2, 0.25) is 0 Å². The number of oxazole rings is 1. The molecular formula is C49H32N2O. The highest BCUT2D eigenvalue weighted by atomic mass is 16.3. The van der Waals surface area contributed by atoms with E-state index in [9.17, 15) is 0 Å². The van der Waals surface area contributed by atoms with Crippen molar-refractivity contribution >= 4 is 60.5 Å². The molecule has 0 saturated carbocycles. The molecule has 0 radical (unpaired) electrons. The summed E-state index contributed by atoms with van der Waals surface area (Å²) in [5.41, 5.74) is 10.5. The molecule has 0 spiro atoms. The monoisotopic (exact) mass is 664 g/mol. The highest BCUT2D eigenvalue weighted by molar-refractivity contribution is 6.23. The Morgan fingerprint density at radius 1 is 0.385 bits per heavy atom. The molecule has 244 valence electrons. The smallest absolute Gasteiger partial charge is 0.227 e. The first kappa shape index (κ1) is 29.9. The number of fused-ring (bicyclic) bond motifs is 6. The second-order valence-electron chi connectivity index (χ2n) is 13.2. The Kier molecular flexibility index (Phi) is 7.14. The molecule has 0 aliphatic heterocycles. The van der Waals surface area contributed by atoms with Crippen LogP contribution in [0.4, 0.5) is 17.1 Å². The van der Waals surface area contributed by atoms with Crippen LogP contribution in [0, 0.1) is 0 Å². The fourth-order valence-corrected chi connectivity index (χ4v) is 7.62. The van der Waals surface area contributed by atoms with Gasteiger partial charge in [0.1, 0.15) is 5.52 Å². The maximum absolute atomic E-state index is 6.70. The van der Waals surface area contributed by atoms with Gasteiger partial charge in [-0.3, -0.25) is 0 Å². The summed E-state index contributed by atoms with van der Waals surface area (Å²) in [6.07, 6.45) is 0. The first-order valence-corrected chi connectivity index (χ1v) is 17.6. The largest absolute Gasteiger partial charge is 0.435 e. The molecule has 0 saturated heterocycles. The van der Waals surface area contributed by atoms with E-state index in [0.29, 0.717) is 5.89 Å². The SMILES string of the molecule is c1ccc(-c2cccc(N(c3ccccc3)c3ccc4c(-c5cccc6ccccc56)cc5ccc6nc(-c7ccccc7)oc6c5c4c3)c2)cc1. The quantitative estimate of drug-likeness (QED) is 0.166. The van der Waals surface area contributed by atoms with E-state index in [1.165, 1.54) is 33.0 Å². The molecule has 0 N–H and O–H groups in total. The molecule has 0 aliphatic rings. The van der Waals surface area contributed by atoms with E-state index < -0.39 is 0 Å². The van der Waals surface area contributed by atoms with Crippen LogP contribution < -0.4 is 4.90 Å². The van der Waals surface area contributed by atoms with Crippen molar-refractivity contribution in [2.75, 3.05) is 4.90 Å². The minimum Gasteiger partial charge on any atom is -0.435 e. The van der Waals surface area contributed by atoms with Crippen LogP contribution in [-0.4, -0.2) is 4.98 Å². The van der Waals surface area contributed by atoms with E-state index >= 15 is 0 Å². The molecule has 0 aliphatic carbocycles. The zero-order valence-electron chi connectivity index (χ0n) is 28.3. The minimum atomic E-state index is 0.620. The molecule has 0 amide bonds. The molecule has 3 heteroatoms. The van der Waals surface area contributed by atoms with Crippen molar-refractivity contribution in [3.63, 3.8) is 0 Å². The van der Waals surface area contributed by atoms with Crippen LogP contribution in [0.25, 0.3) is 77.1 Å². The van der Waals surface area contributed by atoms with E-state index in [2.05, 4.69) is 169 Å². The lowest BCUT2D eigenvalue weighted by Crippen LogP contribution is -2.10. The second kappa shape index (κ2) is 12.4. The van der Waals surface area contributed by atoms with Gasteiger partial charge in [-0.15, -0.1) is 0 Å². The van der Waals surface area contributed by atoms with Gasteiger partial charge < -0.3 is 9.32 Å². The Labute approximate surface area is 301 Å². The standard InChI is InChI=1S/C49H32N2O/c1-4-14-33(15-5-1)36-20-12-23-39(30-36)51(38-21-8-3-9-22-38)40-27-28-43-44(42-25-13-19-34-16-10-11-24-41(34)42)31-37-26-29-46-48(47(37)45(43)32-40)52-49(50-46)35-17-6-2-7-18-35/h1-32H. The Morgan fingerprint density at radius 2 is 1.04 bits per heavy atom.